The molecule has 0 aliphatic carbocycles. The van der Waals surface area contributed by atoms with E-state index in [1.807, 2.05) is 25.1 Å². The minimum atomic E-state index is -0.578. The van der Waals surface area contributed by atoms with Crippen molar-refractivity contribution >= 4 is 29.0 Å². The van der Waals surface area contributed by atoms with Crippen LogP contribution < -0.4 is 15.4 Å². The number of Topliss-reactive ketones (excluding diaryl/α,β-unsaturated/α-hetero) is 1. The highest BCUT2D eigenvalue weighted by atomic mass is 16.5. The number of anilines is 2. The molecule has 2 N–H and O–H groups in total. The maximum absolute atomic E-state index is 12.6. The van der Waals surface area contributed by atoms with Crippen LogP contribution in [0, 0.1) is 6.92 Å². The molecule has 0 aromatic heterocycles. The molecule has 29 heavy (non-hydrogen) atoms. The van der Waals surface area contributed by atoms with Crippen LogP contribution in [0.2, 0.25) is 0 Å². The number of ketones is 1. The van der Waals surface area contributed by atoms with Crippen molar-refractivity contribution in [3.63, 3.8) is 0 Å². The molecule has 2 aromatic rings. The average Bonchev–Trinajstić information content (AvgIpc) is 2.67. The highest BCUT2D eigenvalue weighted by Gasteiger charge is 2.16. The number of aryl methyl sites for hydroxylation is 1. The van der Waals surface area contributed by atoms with Crippen LogP contribution in [0.5, 0.6) is 5.75 Å². The van der Waals surface area contributed by atoms with E-state index in [1.54, 1.807) is 45.3 Å². The topological polar surface area (TPSA) is 87.7 Å². The summed E-state index contributed by atoms with van der Waals surface area (Å²) < 4.78 is 5.66. The molecule has 0 aliphatic rings. The lowest BCUT2D eigenvalue weighted by Crippen LogP contribution is -2.32. The van der Waals surface area contributed by atoms with Crippen LogP contribution in [-0.4, -0.2) is 49.2 Å². The summed E-state index contributed by atoms with van der Waals surface area (Å²) in [6.07, 6.45) is 0. The summed E-state index contributed by atoms with van der Waals surface area (Å²) in [4.78, 5) is 37.3. The average molecular weight is 397 g/mol. The van der Waals surface area contributed by atoms with Crippen LogP contribution in [0.15, 0.2) is 42.5 Å². The first kappa shape index (κ1) is 21.9. The number of nitrogens with zero attached hydrogens (tertiary/aromatic N) is 1. The van der Waals surface area contributed by atoms with E-state index in [1.165, 1.54) is 11.8 Å². The van der Waals surface area contributed by atoms with Crippen molar-refractivity contribution in [3.05, 3.63) is 53.6 Å². The zero-order chi connectivity index (χ0) is 21.6. The van der Waals surface area contributed by atoms with E-state index in [2.05, 4.69) is 10.6 Å². The highest BCUT2D eigenvalue weighted by molar-refractivity contribution is 5.99. The molecule has 2 aromatic carbocycles. The maximum Gasteiger partial charge on any atom is 0.259 e. The van der Waals surface area contributed by atoms with Gasteiger partial charge in [0.15, 0.2) is 12.4 Å². The number of hydrogen-bond donors (Lipinski definition) is 2. The Balaban J connectivity index is 2.08. The Kier molecular flexibility index (Phi) is 7.36. The second kappa shape index (κ2) is 9.73. The van der Waals surface area contributed by atoms with E-state index in [9.17, 15) is 14.4 Å². The van der Waals surface area contributed by atoms with E-state index >= 15 is 0 Å². The van der Waals surface area contributed by atoms with Crippen molar-refractivity contribution in [3.8, 4) is 5.75 Å². The fraction of sp³-hybridized carbons (Fsp3) is 0.318. The second-order valence-corrected chi connectivity index (χ2v) is 7.07. The molecule has 0 spiro atoms. The van der Waals surface area contributed by atoms with Crippen molar-refractivity contribution in [1.82, 2.24) is 4.90 Å². The highest BCUT2D eigenvalue weighted by Crippen LogP contribution is 2.26. The lowest BCUT2D eigenvalue weighted by atomic mass is 10.1. The Morgan fingerprint density at radius 3 is 2.48 bits per heavy atom. The molecule has 1 atom stereocenters. The van der Waals surface area contributed by atoms with Gasteiger partial charge in [0, 0.05) is 25.3 Å². The second-order valence-electron chi connectivity index (χ2n) is 7.07. The third kappa shape index (κ3) is 6.34. The summed E-state index contributed by atoms with van der Waals surface area (Å²) in [5, 5.41) is 5.92. The molecule has 154 valence electrons. The molecule has 2 amide bonds. The van der Waals surface area contributed by atoms with Gasteiger partial charge in [-0.15, -0.1) is 0 Å². The Morgan fingerprint density at radius 1 is 1.10 bits per heavy atom. The van der Waals surface area contributed by atoms with E-state index < -0.39 is 6.04 Å². The summed E-state index contributed by atoms with van der Waals surface area (Å²) in [6, 6.07) is 11.7. The van der Waals surface area contributed by atoms with E-state index in [-0.39, 0.29) is 24.2 Å². The van der Waals surface area contributed by atoms with Gasteiger partial charge in [-0.3, -0.25) is 14.4 Å². The van der Waals surface area contributed by atoms with Gasteiger partial charge in [0.2, 0.25) is 5.91 Å². The standard InChI is InChI=1S/C22H27N3O4/c1-14-9-10-19(20(11-14)29-13-21(27)25(4)5)23-15(2)22(28)24-18-8-6-7-17(12-18)16(3)26/h6-12,15,23H,13H2,1-5H3,(H,24,28). The number of likely N-dealkylation sites (N-methyl/N-ethyl adjacent to an activating group) is 1. The summed E-state index contributed by atoms with van der Waals surface area (Å²) >= 11 is 0. The molecule has 0 aliphatic heterocycles. The van der Waals surface area contributed by atoms with Crippen molar-refractivity contribution in [2.24, 2.45) is 0 Å². The molecule has 2 rings (SSSR count). The third-order valence-corrected chi connectivity index (χ3v) is 4.29. The van der Waals surface area contributed by atoms with Crippen molar-refractivity contribution in [2.45, 2.75) is 26.8 Å². The number of rotatable bonds is 8. The molecule has 0 fully saturated rings. The molecule has 0 radical (unpaired) electrons. The lowest BCUT2D eigenvalue weighted by molar-refractivity contribution is -0.130. The van der Waals surface area contributed by atoms with Crippen LogP contribution in [0.4, 0.5) is 11.4 Å². The monoisotopic (exact) mass is 397 g/mol. The van der Waals surface area contributed by atoms with Gasteiger partial charge in [-0.05, 0) is 50.6 Å². The molecule has 0 bridgehead atoms. The first-order chi connectivity index (χ1) is 13.7. The Morgan fingerprint density at radius 2 is 1.83 bits per heavy atom. The Bertz CT molecular complexity index is 909. The molecule has 0 heterocycles. The van der Waals surface area contributed by atoms with Crippen LogP contribution >= 0.6 is 0 Å². The summed E-state index contributed by atoms with van der Waals surface area (Å²) in [6.45, 7) is 5.02. The number of carbonyl (C=O) groups excluding carboxylic acids is 3. The van der Waals surface area contributed by atoms with Crippen LogP contribution in [0.3, 0.4) is 0 Å². The van der Waals surface area contributed by atoms with Gasteiger partial charge >= 0.3 is 0 Å². The van der Waals surface area contributed by atoms with Crippen molar-refractivity contribution in [1.29, 1.82) is 0 Å². The van der Waals surface area contributed by atoms with Gasteiger partial charge < -0.3 is 20.3 Å². The fourth-order valence-electron chi connectivity index (χ4n) is 2.50. The van der Waals surface area contributed by atoms with Crippen LogP contribution in [0.1, 0.15) is 29.8 Å². The number of carbonyl (C=O) groups is 3. The number of hydrogen-bond acceptors (Lipinski definition) is 5. The number of ether oxygens (including phenoxy) is 1. The molecule has 7 nitrogen and oxygen atoms in total. The zero-order valence-electron chi connectivity index (χ0n) is 17.4. The molecular formula is C22H27N3O4. The predicted molar refractivity (Wildman–Crippen MR) is 114 cm³/mol. The number of benzene rings is 2. The quantitative estimate of drug-likeness (QED) is 0.669. The van der Waals surface area contributed by atoms with Crippen LogP contribution in [-0.2, 0) is 9.59 Å². The molecular weight excluding hydrogens is 370 g/mol. The first-order valence-electron chi connectivity index (χ1n) is 9.29. The van der Waals surface area contributed by atoms with Gasteiger partial charge in [-0.25, -0.2) is 0 Å². The smallest absolute Gasteiger partial charge is 0.259 e. The lowest BCUT2D eigenvalue weighted by Gasteiger charge is -2.19. The Labute approximate surface area is 171 Å². The van der Waals surface area contributed by atoms with Gasteiger partial charge in [0.25, 0.3) is 5.91 Å². The maximum atomic E-state index is 12.6. The SMILES string of the molecule is CC(=O)c1cccc(NC(=O)C(C)Nc2ccc(C)cc2OCC(=O)N(C)C)c1. The van der Waals surface area contributed by atoms with Crippen LogP contribution in [0.25, 0.3) is 0 Å². The van der Waals surface area contributed by atoms with Gasteiger partial charge in [-0.1, -0.05) is 18.2 Å². The summed E-state index contributed by atoms with van der Waals surface area (Å²) in [7, 11) is 3.32. The molecule has 0 saturated heterocycles. The van der Waals surface area contributed by atoms with E-state index in [0.29, 0.717) is 22.7 Å². The van der Waals surface area contributed by atoms with Gasteiger partial charge in [-0.2, -0.15) is 0 Å². The van der Waals surface area contributed by atoms with E-state index in [0.717, 1.165) is 5.56 Å². The molecule has 7 heteroatoms. The van der Waals surface area contributed by atoms with Crippen molar-refractivity contribution in [2.75, 3.05) is 31.3 Å². The van der Waals surface area contributed by atoms with Crippen molar-refractivity contribution < 1.29 is 19.1 Å². The minimum absolute atomic E-state index is 0.0685. The summed E-state index contributed by atoms with van der Waals surface area (Å²) in [5.41, 5.74) is 2.67. The predicted octanol–water partition coefficient (Wildman–Crippen LogP) is 3.10. The molecule has 0 saturated carbocycles. The van der Waals surface area contributed by atoms with E-state index in [4.69, 9.17) is 4.74 Å². The van der Waals surface area contributed by atoms with Gasteiger partial charge in [0.1, 0.15) is 11.8 Å². The minimum Gasteiger partial charge on any atom is -0.482 e. The number of nitrogens with one attached hydrogen (secondary N) is 2. The van der Waals surface area contributed by atoms with Gasteiger partial charge in [0.05, 0.1) is 5.69 Å². The zero-order valence-corrected chi connectivity index (χ0v) is 17.4. The summed E-state index contributed by atoms with van der Waals surface area (Å²) in [5.74, 6) is 0.00890. The normalized spacial score (nSPS) is 11.3. The Hall–Kier alpha value is -3.35. The third-order valence-electron chi connectivity index (χ3n) is 4.29. The first-order valence-corrected chi connectivity index (χ1v) is 9.29. The largest absolute Gasteiger partial charge is 0.482 e. The molecule has 1 unspecified atom stereocenters. The fourth-order valence-corrected chi connectivity index (χ4v) is 2.50. The number of amides is 2.